The average molecular weight is 206 g/mol. The molecule has 1 rings (SSSR count). The fourth-order valence-electron chi connectivity index (χ4n) is 2.13. The highest BCUT2D eigenvalue weighted by Crippen LogP contribution is 2.25. The summed E-state index contributed by atoms with van der Waals surface area (Å²) in [5.41, 5.74) is 5.03. The third-order valence-electron chi connectivity index (χ3n) is 2.98. The fraction of sp³-hybridized carbons (Fsp3) is 1.00. The molecule has 0 atom stereocenters. The van der Waals surface area contributed by atoms with Crippen molar-refractivity contribution in [2.45, 2.75) is 44.6 Å². The lowest BCUT2D eigenvalue weighted by molar-refractivity contribution is -0.0323. The van der Waals surface area contributed by atoms with Crippen LogP contribution < -0.4 is 5.73 Å². The van der Waals surface area contributed by atoms with Crippen LogP contribution in [0.25, 0.3) is 0 Å². The molecule has 14 heavy (non-hydrogen) atoms. The van der Waals surface area contributed by atoms with Crippen LogP contribution >= 0.6 is 0 Å². The van der Waals surface area contributed by atoms with Gasteiger partial charge in [0.1, 0.15) is 0 Å². The molecule has 0 aliphatic heterocycles. The molecular weight excluding hydrogens is 186 g/mol. The summed E-state index contributed by atoms with van der Waals surface area (Å²) in [5, 5.41) is 0. The number of nitrogens with zero attached hydrogens (tertiary/aromatic N) is 1. The highest BCUT2D eigenvalue weighted by atomic mass is 19.3. The van der Waals surface area contributed by atoms with Gasteiger partial charge in [0.2, 0.25) is 0 Å². The van der Waals surface area contributed by atoms with Crippen molar-refractivity contribution in [3.8, 4) is 0 Å². The molecule has 0 spiro atoms. The summed E-state index contributed by atoms with van der Waals surface area (Å²) in [6.07, 6.45) is 4.48. The van der Waals surface area contributed by atoms with E-state index in [9.17, 15) is 8.78 Å². The smallest absolute Gasteiger partial charge is 0.272 e. The predicted octanol–water partition coefficient (Wildman–Crippen LogP) is 1.84. The van der Waals surface area contributed by atoms with Gasteiger partial charge in [-0.05, 0) is 19.4 Å². The molecule has 84 valence electrons. The number of hydrogen-bond donors (Lipinski definition) is 1. The third kappa shape index (κ3) is 3.17. The Morgan fingerprint density at radius 3 is 2.36 bits per heavy atom. The second-order valence-electron chi connectivity index (χ2n) is 4.06. The number of alkyl halides is 2. The van der Waals surface area contributed by atoms with Gasteiger partial charge in [0, 0.05) is 6.04 Å². The molecule has 0 aromatic heterocycles. The van der Waals surface area contributed by atoms with Gasteiger partial charge in [-0.2, -0.15) is 0 Å². The molecule has 0 aromatic carbocycles. The summed E-state index contributed by atoms with van der Waals surface area (Å²) < 4.78 is 26.2. The van der Waals surface area contributed by atoms with Crippen molar-refractivity contribution in [3.63, 3.8) is 0 Å². The first kappa shape index (κ1) is 11.9. The van der Waals surface area contributed by atoms with Gasteiger partial charge in [-0.25, -0.2) is 8.78 Å². The maximum atomic E-state index is 13.1. The van der Waals surface area contributed by atoms with E-state index in [0.29, 0.717) is 12.6 Å². The summed E-state index contributed by atoms with van der Waals surface area (Å²) in [6.45, 7) is 1.91. The van der Waals surface area contributed by atoms with Crippen molar-refractivity contribution < 1.29 is 8.78 Å². The Morgan fingerprint density at radius 1 is 1.36 bits per heavy atom. The SMILES string of the molecule is CCN(CC(F)(F)CN)C1CCCC1. The largest absolute Gasteiger partial charge is 0.325 e. The normalized spacial score (nSPS) is 19.5. The molecule has 0 radical (unpaired) electrons. The van der Waals surface area contributed by atoms with Crippen molar-refractivity contribution in [1.82, 2.24) is 4.90 Å². The number of hydrogen-bond acceptors (Lipinski definition) is 2. The lowest BCUT2D eigenvalue weighted by Gasteiger charge is -2.30. The highest BCUT2D eigenvalue weighted by molar-refractivity contribution is 4.81. The van der Waals surface area contributed by atoms with Crippen molar-refractivity contribution in [3.05, 3.63) is 0 Å². The van der Waals surface area contributed by atoms with Crippen molar-refractivity contribution in [1.29, 1.82) is 0 Å². The van der Waals surface area contributed by atoms with Crippen molar-refractivity contribution in [2.75, 3.05) is 19.6 Å². The van der Waals surface area contributed by atoms with Gasteiger partial charge in [-0.3, -0.25) is 4.90 Å². The Kier molecular flexibility index (Phi) is 4.26. The molecule has 4 heteroatoms. The minimum Gasteiger partial charge on any atom is -0.325 e. The molecule has 0 saturated heterocycles. The van der Waals surface area contributed by atoms with E-state index in [1.54, 1.807) is 0 Å². The predicted molar refractivity (Wildman–Crippen MR) is 53.5 cm³/mol. The molecular formula is C10H20F2N2. The van der Waals surface area contributed by atoms with E-state index in [-0.39, 0.29) is 6.54 Å². The summed E-state index contributed by atoms with van der Waals surface area (Å²) in [7, 11) is 0. The summed E-state index contributed by atoms with van der Waals surface area (Å²) >= 11 is 0. The van der Waals surface area contributed by atoms with Gasteiger partial charge in [-0.1, -0.05) is 19.8 Å². The van der Waals surface area contributed by atoms with Crippen molar-refractivity contribution in [2.24, 2.45) is 5.73 Å². The molecule has 0 heterocycles. The van der Waals surface area contributed by atoms with E-state index in [0.717, 1.165) is 12.8 Å². The van der Waals surface area contributed by atoms with E-state index in [1.807, 2.05) is 11.8 Å². The number of halogens is 2. The monoisotopic (exact) mass is 206 g/mol. The quantitative estimate of drug-likeness (QED) is 0.743. The average Bonchev–Trinajstić information content (AvgIpc) is 2.67. The Bertz CT molecular complexity index is 168. The van der Waals surface area contributed by atoms with Crippen LogP contribution in [-0.4, -0.2) is 36.5 Å². The molecule has 0 aromatic rings. The van der Waals surface area contributed by atoms with Crippen LogP contribution in [0, 0.1) is 0 Å². The number of rotatable bonds is 5. The van der Waals surface area contributed by atoms with Gasteiger partial charge in [-0.15, -0.1) is 0 Å². The standard InChI is InChI=1S/C10H20F2N2/c1-2-14(8-10(11,12)7-13)9-5-3-4-6-9/h9H,2-8,13H2,1H3. The lowest BCUT2D eigenvalue weighted by Crippen LogP contribution is -2.45. The Hall–Kier alpha value is -0.220. The minimum atomic E-state index is -2.72. The Labute approximate surface area is 84.4 Å². The molecule has 1 saturated carbocycles. The van der Waals surface area contributed by atoms with Gasteiger partial charge in [0.25, 0.3) is 5.92 Å². The second-order valence-corrected chi connectivity index (χ2v) is 4.06. The first-order valence-corrected chi connectivity index (χ1v) is 5.41. The zero-order valence-corrected chi connectivity index (χ0v) is 8.81. The second kappa shape index (κ2) is 5.03. The number of nitrogens with two attached hydrogens (primary N) is 1. The third-order valence-corrected chi connectivity index (χ3v) is 2.98. The van der Waals surface area contributed by atoms with Gasteiger partial charge in [0.05, 0.1) is 13.1 Å². The Balaban J connectivity index is 2.45. The molecule has 2 nitrogen and oxygen atoms in total. The van der Waals surface area contributed by atoms with Crippen LogP contribution in [0.3, 0.4) is 0 Å². The first-order chi connectivity index (χ1) is 6.59. The van der Waals surface area contributed by atoms with Crippen LogP contribution in [0.1, 0.15) is 32.6 Å². The molecule has 1 aliphatic rings. The molecule has 1 fully saturated rings. The molecule has 0 bridgehead atoms. The summed E-state index contributed by atoms with van der Waals surface area (Å²) in [5.74, 6) is -2.72. The molecule has 1 aliphatic carbocycles. The van der Waals surface area contributed by atoms with Gasteiger partial charge >= 0.3 is 0 Å². The van der Waals surface area contributed by atoms with Crippen LogP contribution in [-0.2, 0) is 0 Å². The summed E-state index contributed by atoms with van der Waals surface area (Å²) in [4.78, 5) is 1.87. The van der Waals surface area contributed by atoms with Crippen LogP contribution in [0.2, 0.25) is 0 Å². The van der Waals surface area contributed by atoms with E-state index < -0.39 is 12.5 Å². The minimum absolute atomic E-state index is 0.176. The summed E-state index contributed by atoms with van der Waals surface area (Å²) in [6, 6.07) is 0.359. The maximum absolute atomic E-state index is 13.1. The zero-order valence-electron chi connectivity index (χ0n) is 8.81. The lowest BCUT2D eigenvalue weighted by atomic mass is 10.2. The van der Waals surface area contributed by atoms with E-state index in [2.05, 4.69) is 0 Å². The van der Waals surface area contributed by atoms with Crippen LogP contribution in [0.4, 0.5) is 8.78 Å². The molecule has 2 N–H and O–H groups in total. The first-order valence-electron chi connectivity index (χ1n) is 5.41. The molecule has 0 unspecified atom stereocenters. The maximum Gasteiger partial charge on any atom is 0.272 e. The van der Waals surface area contributed by atoms with E-state index in [4.69, 9.17) is 5.73 Å². The van der Waals surface area contributed by atoms with Crippen LogP contribution in [0.5, 0.6) is 0 Å². The van der Waals surface area contributed by atoms with Gasteiger partial charge in [0.15, 0.2) is 0 Å². The fourth-order valence-corrected chi connectivity index (χ4v) is 2.13. The highest BCUT2D eigenvalue weighted by Gasteiger charge is 2.33. The van der Waals surface area contributed by atoms with Gasteiger partial charge < -0.3 is 5.73 Å². The van der Waals surface area contributed by atoms with Crippen LogP contribution in [0.15, 0.2) is 0 Å². The van der Waals surface area contributed by atoms with Crippen molar-refractivity contribution >= 4 is 0 Å². The molecule has 0 amide bonds. The topological polar surface area (TPSA) is 29.3 Å². The zero-order chi connectivity index (χ0) is 10.6. The van der Waals surface area contributed by atoms with E-state index in [1.165, 1.54) is 12.8 Å². The van der Waals surface area contributed by atoms with E-state index >= 15 is 0 Å². The Morgan fingerprint density at radius 2 is 1.93 bits per heavy atom.